The van der Waals surface area contributed by atoms with Crippen LogP contribution in [-0.4, -0.2) is 61.6 Å². The van der Waals surface area contributed by atoms with Gasteiger partial charge < -0.3 is 24.1 Å². The van der Waals surface area contributed by atoms with E-state index in [0.29, 0.717) is 12.2 Å². The molecule has 0 amide bonds. The highest BCUT2D eigenvalue weighted by Crippen LogP contribution is 2.53. The van der Waals surface area contributed by atoms with E-state index in [1.54, 1.807) is 42.3 Å². The molecule has 3 atom stereocenters. The lowest BCUT2D eigenvalue weighted by Gasteiger charge is -2.22. The highest BCUT2D eigenvalue weighted by molar-refractivity contribution is 8.41. The number of benzene rings is 2. The molecule has 36 heavy (non-hydrogen) atoms. The maximum absolute atomic E-state index is 11.3. The van der Waals surface area contributed by atoms with Gasteiger partial charge in [-0.25, -0.2) is 0 Å². The van der Waals surface area contributed by atoms with Crippen molar-refractivity contribution in [1.29, 1.82) is 0 Å². The van der Waals surface area contributed by atoms with Crippen molar-refractivity contribution < 1.29 is 37.8 Å². The third-order valence-corrected chi connectivity index (χ3v) is 8.76. The molecular formula is C18H28N3O8P6S+. The van der Waals surface area contributed by atoms with Crippen molar-refractivity contribution in [3.63, 3.8) is 0 Å². The summed E-state index contributed by atoms with van der Waals surface area (Å²) in [5.74, 6) is 1.29. The van der Waals surface area contributed by atoms with E-state index in [2.05, 4.69) is 23.0 Å². The SMILES string of the molecule is CN(/N=C/c1ccc(OP(P)P)cc1)[P+](=S)Oc1ccc(CCN(CP(=O)(O)O)CP(=O)(O)O)cc1. The first-order valence-electron chi connectivity index (χ1n) is 10.1. The third-order valence-electron chi connectivity index (χ3n) is 4.29. The second-order valence-corrected chi connectivity index (χ2v) is 18.6. The van der Waals surface area contributed by atoms with Crippen molar-refractivity contribution in [2.45, 2.75) is 6.42 Å². The second kappa shape index (κ2) is 14.7. The number of hydrazone groups is 1. The Hall–Kier alpha value is -0.420. The zero-order chi connectivity index (χ0) is 26.9. The number of nitrogens with zero attached hydrogens (tertiary/aromatic N) is 3. The lowest BCUT2D eigenvalue weighted by molar-refractivity contribution is 0.279. The maximum Gasteiger partial charge on any atom is 0.540 e. The summed E-state index contributed by atoms with van der Waals surface area (Å²) in [5.41, 5.74) is 1.67. The first-order chi connectivity index (χ1) is 16.7. The Kier molecular flexibility index (Phi) is 12.9. The molecule has 2 rings (SSSR count). The van der Waals surface area contributed by atoms with E-state index in [1.807, 2.05) is 24.3 Å². The number of rotatable bonds is 14. The minimum absolute atomic E-state index is 0.0605. The van der Waals surface area contributed by atoms with E-state index >= 15 is 0 Å². The van der Waals surface area contributed by atoms with Crippen LogP contribution in [0.3, 0.4) is 0 Å². The highest BCUT2D eigenvalue weighted by atomic mass is 32.4. The van der Waals surface area contributed by atoms with Gasteiger partial charge in [0, 0.05) is 6.54 Å². The Balaban J connectivity index is 1.90. The lowest BCUT2D eigenvalue weighted by Crippen LogP contribution is -2.28. The average molecular weight is 632 g/mol. The van der Waals surface area contributed by atoms with Gasteiger partial charge in [-0.05, 0) is 53.9 Å². The van der Waals surface area contributed by atoms with Gasteiger partial charge in [-0.2, -0.15) is 0 Å². The summed E-state index contributed by atoms with van der Waals surface area (Å²) in [5, 5.41) is 4.34. The molecule has 0 aliphatic rings. The molecule has 0 bridgehead atoms. The number of hydrogen-bond donors (Lipinski definition) is 4. The van der Waals surface area contributed by atoms with Crippen LogP contribution in [-0.2, 0) is 27.4 Å². The molecule has 0 heterocycles. The van der Waals surface area contributed by atoms with E-state index in [1.165, 1.54) is 0 Å². The summed E-state index contributed by atoms with van der Waals surface area (Å²) in [6, 6.07) is 14.4. The largest absolute Gasteiger partial charge is 0.540 e. The first kappa shape index (κ1) is 31.8. The van der Waals surface area contributed by atoms with Crippen molar-refractivity contribution in [3.8, 4) is 11.5 Å². The molecule has 2 aromatic rings. The fourth-order valence-corrected chi connectivity index (χ4v) is 6.51. The topological polar surface area (TPSA) is 152 Å². The van der Waals surface area contributed by atoms with E-state index in [4.69, 9.17) is 40.4 Å². The van der Waals surface area contributed by atoms with E-state index < -0.39 is 42.4 Å². The maximum atomic E-state index is 11.3. The molecule has 0 saturated carbocycles. The van der Waals surface area contributed by atoms with Crippen molar-refractivity contribution in [1.82, 2.24) is 9.68 Å². The van der Waals surface area contributed by atoms with Crippen LogP contribution in [0.2, 0.25) is 0 Å². The van der Waals surface area contributed by atoms with E-state index in [-0.39, 0.29) is 6.54 Å². The summed E-state index contributed by atoms with van der Waals surface area (Å²) in [7, 11) is -4.16. The molecular weight excluding hydrogens is 604 g/mol. The average Bonchev–Trinajstić information content (AvgIpc) is 2.75. The van der Waals surface area contributed by atoms with Gasteiger partial charge in [-0.3, -0.25) is 18.6 Å². The molecule has 198 valence electrons. The van der Waals surface area contributed by atoms with Crippen LogP contribution < -0.4 is 9.05 Å². The van der Waals surface area contributed by atoms with Gasteiger partial charge in [0.15, 0.2) is 5.75 Å². The van der Waals surface area contributed by atoms with Gasteiger partial charge in [0.05, 0.1) is 13.3 Å². The summed E-state index contributed by atoms with van der Waals surface area (Å²) >= 11 is 5.42. The predicted molar refractivity (Wildman–Crippen MR) is 154 cm³/mol. The second-order valence-electron chi connectivity index (χ2n) is 7.48. The van der Waals surface area contributed by atoms with E-state index in [9.17, 15) is 9.13 Å². The molecule has 2 aromatic carbocycles. The van der Waals surface area contributed by atoms with Crippen LogP contribution in [0, 0.1) is 0 Å². The Labute approximate surface area is 221 Å². The van der Waals surface area contributed by atoms with Crippen LogP contribution in [0.1, 0.15) is 11.1 Å². The smallest absolute Gasteiger partial charge is 0.466 e. The number of hydrogen-bond acceptors (Lipinski definition) is 7. The molecule has 3 unspecified atom stereocenters. The molecule has 0 aliphatic carbocycles. The molecule has 0 fully saturated rings. The van der Waals surface area contributed by atoms with Gasteiger partial charge in [0.1, 0.15) is 25.8 Å². The highest BCUT2D eigenvalue weighted by Gasteiger charge is 2.25. The van der Waals surface area contributed by atoms with Crippen LogP contribution in [0.15, 0.2) is 53.6 Å². The molecule has 0 spiro atoms. The Morgan fingerprint density at radius 2 is 1.53 bits per heavy atom. The zero-order valence-corrected chi connectivity index (χ0v) is 25.8. The van der Waals surface area contributed by atoms with Gasteiger partial charge >= 0.3 is 22.3 Å². The van der Waals surface area contributed by atoms with Gasteiger partial charge in [-0.15, -0.1) is 5.10 Å². The minimum Gasteiger partial charge on any atom is -0.466 e. The Morgan fingerprint density at radius 1 is 1.00 bits per heavy atom. The fraction of sp³-hybridized carbons (Fsp3) is 0.278. The summed E-state index contributed by atoms with van der Waals surface area (Å²) in [6.07, 6.45) is 0.526. The summed E-state index contributed by atoms with van der Waals surface area (Å²) < 4.78 is 35.5. The van der Waals surface area contributed by atoms with Crippen LogP contribution in [0.25, 0.3) is 0 Å². The van der Waals surface area contributed by atoms with Crippen molar-refractivity contribution in [2.75, 3.05) is 26.2 Å². The van der Waals surface area contributed by atoms with Gasteiger partial charge in [0.25, 0.3) is 0 Å². The third kappa shape index (κ3) is 13.4. The zero-order valence-electron chi connectivity index (χ0n) is 19.1. The summed E-state index contributed by atoms with van der Waals surface area (Å²) in [4.78, 5) is 37.7. The monoisotopic (exact) mass is 632 g/mol. The normalized spacial score (nSPS) is 12.9. The van der Waals surface area contributed by atoms with Crippen molar-refractivity contribution in [3.05, 3.63) is 59.7 Å². The van der Waals surface area contributed by atoms with E-state index in [0.717, 1.165) is 21.8 Å². The minimum atomic E-state index is -4.47. The molecule has 11 nitrogen and oxygen atoms in total. The molecule has 0 aliphatic heterocycles. The van der Waals surface area contributed by atoms with Crippen molar-refractivity contribution >= 4 is 65.7 Å². The van der Waals surface area contributed by atoms with Crippen LogP contribution >= 0.6 is 47.6 Å². The van der Waals surface area contributed by atoms with Gasteiger partial charge in [-0.1, -0.05) is 34.8 Å². The standard InChI is InChI=1S/C18H27N3O8P6S/c1-20(19-12-16-4-8-18(9-5-16)29-33(30)31)32(36)28-17-6-2-15(3-7-17)10-11-21(13-34(22,23)24)14-35(25,26)27/h2-9,12H,10-11,13-14,30-31H2,1H3,(H3-,22,23,24,25,26,27)/p+1/b19-12+. The predicted octanol–water partition coefficient (Wildman–Crippen LogP) is 4.28. The molecule has 18 heteroatoms. The summed E-state index contributed by atoms with van der Waals surface area (Å²) in [6.45, 7) is 0.0605. The van der Waals surface area contributed by atoms with Crippen molar-refractivity contribution in [2.24, 2.45) is 5.10 Å². The fourth-order valence-electron chi connectivity index (χ4n) is 2.79. The quantitative estimate of drug-likeness (QED) is 0.134. The Morgan fingerprint density at radius 3 is 2.03 bits per heavy atom. The molecule has 4 N–H and O–H groups in total. The Bertz CT molecular complexity index is 1100. The molecule has 0 aromatic heterocycles. The molecule has 0 saturated heterocycles. The lowest BCUT2D eigenvalue weighted by atomic mass is 10.1. The van der Waals surface area contributed by atoms with Crippen LogP contribution in [0.4, 0.5) is 0 Å². The van der Waals surface area contributed by atoms with Crippen LogP contribution in [0.5, 0.6) is 11.5 Å². The van der Waals surface area contributed by atoms with Gasteiger partial charge in [0.2, 0.25) is 11.8 Å². The molecule has 0 radical (unpaired) electrons. The first-order valence-corrected chi connectivity index (χ1v) is 20.4.